The molecule has 0 aliphatic carbocycles. The van der Waals surface area contributed by atoms with Gasteiger partial charge in [0, 0.05) is 16.6 Å². The molecule has 1 aromatic heterocycles. The molecule has 0 aliphatic rings. The second-order valence-electron chi connectivity index (χ2n) is 8.16. The van der Waals surface area contributed by atoms with Crippen molar-refractivity contribution < 1.29 is 9.18 Å². The van der Waals surface area contributed by atoms with Crippen LogP contribution in [0.15, 0.2) is 76.0 Å². The van der Waals surface area contributed by atoms with E-state index in [2.05, 4.69) is 15.9 Å². The molecule has 0 bridgehead atoms. The molecule has 1 heterocycles. The first-order chi connectivity index (χ1) is 16.8. The molecule has 3 aromatic carbocycles. The van der Waals surface area contributed by atoms with Gasteiger partial charge >= 0.3 is 0 Å². The number of amides is 1. The zero-order chi connectivity index (χ0) is 25.1. The number of carbonyl (C=O) groups excluding carboxylic acids is 1. The predicted molar refractivity (Wildman–Crippen MR) is 141 cm³/mol. The number of para-hydroxylation sites is 1. The van der Waals surface area contributed by atoms with Crippen molar-refractivity contribution in [3.05, 3.63) is 104 Å². The summed E-state index contributed by atoms with van der Waals surface area (Å²) in [6, 6.07) is 17.9. The number of aromatic nitrogens is 2. The van der Waals surface area contributed by atoms with E-state index in [9.17, 15) is 14.0 Å². The zero-order valence-corrected chi connectivity index (χ0v) is 21.7. The van der Waals surface area contributed by atoms with Crippen molar-refractivity contribution in [3.8, 4) is 5.69 Å². The molecule has 0 aliphatic heterocycles. The predicted octanol–water partition coefficient (Wildman–Crippen LogP) is 6.94. The maximum absolute atomic E-state index is 14.0. The highest BCUT2D eigenvalue weighted by Gasteiger charge is 2.29. The molecule has 0 saturated carbocycles. The minimum absolute atomic E-state index is 0.0998. The van der Waals surface area contributed by atoms with Crippen LogP contribution in [-0.2, 0) is 0 Å². The summed E-state index contributed by atoms with van der Waals surface area (Å²) in [7, 11) is 0. The Morgan fingerprint density at radius 3 is 2.57 bits per heavy atom. The topological polar surface area (TPSA) is 55.2 Å². The van der Waals surface area contributed by atoms with Gasteiger partial charge in [-0.25, -0.2) is 9.37 Å². The van der Waals surface area contributed by atoms with Gasteiger partial charge in [0.15, 0.2) is 0 Å². The zero-order valence-electron chi connectivity index (χ0n) is 19.3. The number of rotatable bonds is 7. The minimum atomic E-state index is -0.580. The van der Waals surface area contributed by atoms with Gasteiger partial charge in [-0.05, 0) is 61.4 Å². The molecule has 8 heteroatoms. The van der Waals surface area contributed by atoms with E-state index in [0.29, 0.717) is 40.9 Å². The fourth-order valence-corrected chi connectivity index (χ4v) is 4.79. The van der Waals surface area contributed by atoms with Crippen molar-refractivity contribution in [1.29, 1.82) is 0 Å². The highest BCUT2D eigenvalue weighted by Crippen LogP contribution is 2.29. The van der Waals surface area contributed by atoms with Crippen LogP contribution in [0.2, 0.25) is 5.02 Å². The molecular formula is C27H24BrClFN3O2. The lowest BCUT2D eigenvalue weighted by Crippen LogP contribution is -2.39. The van der Waals surface area contributed by atoms with E-state index in [0.717, 1.165) is 10.9 Å². The summed E-state index contributed by atoms with van der Waals surface area (Å²) >= 11 is 9.52. The van der Waals surface area contributed by atoms with Crippen LogP contribution in [0.1, 0.15) is 48.9 Å². The van der Waals surface area contributed by atoms with Gasteiger partial charge in [-0.15, -0.1) is 0 Å². The van der Waals surface area contributed by atoms with Gasteiger partial charge in [0.1, 0.15) is 11.6 Å². The summed E-state index contributed by atoms with van der Waals surface area (Å²) in [4.78, 5) is 34.0. The molecule has 0 fully saturated rings. The Hall–Kier alpha value is -3.03. The van der Waals surface area contributed by atoms with Crippen LogP contribution in [0.25, 0.3) is 16.6 Å². The van der Waals surface area contributed by atoms with E-state index in [1.165, 1.54) is 22.8 Å². The van der Waals surface area contributed by atoms with Crippen LogP contribution in [0.5, 0.6) is 0 Å². The SMILES string of the molecule is CCCN(C(=O)c1cccc(Br)c1)C(CC)c1nc2ccccc2c(=O)n1-c1ccc(F)c(Cl)c1. The maximum atomic E-state index is 14.0. The maximum Gasteiger partial charge on any atom is 0.266 e. The van der Waals surface area contributed by atoms with Gasteiger partial charge < -0.3 is 4.90 Å². The molecule has 0 spiro atoms. The summed E-state index contributed by atoms with van der Waals surface area (Å²) in [6.07, 6.45) is 1.23. The monoisotopic (exact) mass is 555 g/mol. The third-order valence-electron chi connectivity index (χ3n) is 5.82. The largest absolute Gasteiger partial charge is 0.328 e. The fourth-order valence-electron chi connectivity index (χ4n) is 4.22. The Morgan fingerprint density at radius 2 is 1.89 bits per heavy atom. The first-order valence-corrected chi connectivity index (χ1v) is 12.6. The van der Waals surface area contributed by atoms with Crippen molar-refractivity contribution in [2.24, 2.45) is 0 Å². The molecule has 1 atom stereocenters. The lowest BCUT2D eigenvalue weighted by Gasteiger charge is -2.32. The van der Waals surface area contributed by atoms with Crippen LogP contribution in [-0.4, -0.2) is 26.9 Å². The number of halogens is 3. The molecule has 5 nitrogen and oxygen atoms in total. The van der Waals surface area contributed by atoms with Crippen molar-refractivity contribution in [1.82, 2.24) is 14.5 Å². The molecule has 4 aromatic rings. The number of benzene rings is 3. The van der Waals surface area contributed by atoms with E-state index in [1.54, 1.807) is 35.2 Å². The third kappa shape index (κ3) is 5.02. The number of hydrogen-bond acceptors (Lipinski definition) is 3. The minimum Gasteiger partial charge on any atom is -0.328 e. The van der Waals surface area contributed by atoms with Gasteiger partial charge in [0.2, 0.25) is 0 Å². The second-order valence-corrected chi connectivity index (χ2v) is 9.48. The van der Waals surface area contributed by atoms with Crippen molar-refractivity contribution >= 4 is 44.3 Å². The smallest absolute Gasteiger partial charge is 0.266 e. The molecule has 35 heavy (non-hydrogen) atoms. The third-order valence-corrected chi connectivity index (χ3v) is 6.60. The van der Waals surface area contributed by atoms with E-state index < -0.39 is 11.9 Å². The van der Waals surface area contributed by atoms with Gasteiger partial charge in [0.25, 0.3) is 11.5 Å². The van der Waals surface area contributed by atoms with Crippen LogP contribution >= 0.6 is 27.5 Å². The Bertz CT molecular complexity index is 1460. The van der Waals surface area contributed by atoms with Crippen molar-refractivity contribution in [3.63, 3.8) is 0 Å². The molecular weight excluding hydrogens is 533 g/mol. The summed E-state index contributed by atoms with van der Waals surface area (Å²) in [5.41, 5.74) is 1.14. The van der Waals surface area contributed by atoms with Gasteiger partial charge in [-0.3, -0.25) is 14.2 Å². The molecule has 0 radical (unpaired) electrons. The van der Waals surface area contributed by atoms with Crippen LogP contribution < -0.4 is 5.56 Å². The van der Waals surface area contributed by atoms with Crippen LogP contribution in [0.4, 0.5) is 4.39 Å². The van der Waals surface area contributed by atoms with E-state index in [1.807, 2.05) is 32.0 Å². The van der Waals surface area contributed by atoms with Gasteiger partial charge in [-0.2, -0.15) is 0 Å². The number of fused-ring (bicyclic) bond motifs is 1. The van der Waals surface area contributed by atoms with Crippen LogP contribution in [0.3, 0.4) is 0 Å². The Balaban J connectivity index is 1.96. The summed E-state index contributed by atoms with van der Waals surface area (Å²) < 4.78 is 16.2. The van der Waals surface area contributed by atoms with Gasteiger partial charge in [0.05, 0.1) is 27.7 Å². The van der Waals surface area contributed by atoms with Crippen molar-refractivity contribution in [2.75, 3.05) is 6.54 Å². The van der Waals surface area contributed by atoms with Gasteiger partial charge in [-0.1, -0.05) is 59.6 Å². The Labute approximate surface area is 216 Å². The molecule has 180 valence electrons. The van der Waals surface area contributed by atoms with E-state index >= 15 is 0 Å². The van der Waals surface area contributed by atoms with Crippen molar-refractivity contribution in [2.45, 2.75) is 32.7 Å². The van der Waals surface area contributed by atoms with Crippen LogP contribution in [0, 0.1) is 5.82 Å². The lowest BCUT2D eigenvalue weighted by atomic mass is 10.1. The summed E-state index contributed by atoms with van der Waals surface area (Å²) in [5, 5.41) is 0.323. The standard InChI is InChI=1S/C27H24BrClFN3O2/c1-3-14-32(26(34)17-8-7-9-18(28)15-17)24(4-2)25-31-23-11-6-5-10-20(23)27(35)33(25)19-12-13-22(30)21(29)16-19/h5-13,15-16,24H,3-4,14H2,1-2H3. The first-order valence-electron chi connectivity index (χ1n) is 11.4. The number of nitrogens with zero attached hydrogens (tertiary/aromatic N) is 3. The molecule has 0 saturated heterocycles. The summed E-state index contributed by atoms with van der Waals surface area (Å²) in [6.45, 7) is 4.41. The highest BCUT2D eigenvalue weighted by atomic mass is 79.9. The Kier molecular flexibility index (Phi) is 7.67. The average Bonchev–Trinajstić information content (AvgIpc) is 2.85. The average molecular weight is 557 g/mol. The Morgan fingerprint density at radius 1 is 1.11 bits per heavy atom. The highest BCUT2D eigenvalue weighted by molar-refractivity contribution is 9.10. The molecule has 1 amide bonds. The quantitative estimate of drug-likeness (QED) is 0.248. The normalized spacial score (nSPS) is 12.0. The molecule has 0 N–H and O–H groups in total. The summed E-state index contributed by atoms with van der Waals surface area (Å²) in [5.74, 6) is -0.343. The van der Waals surface area contributed by atoms with E-state index in [4.69, 9.17) is 16.6 Å². The first kappa shape index (κ1) is 25.1. The number of hydrogen-bond donors (Lipinski definition) is 0. The lowest BCUT2D eigenvalue weighted by molar-refractivity contribution is 0.0659. The fraction of sp³-hybridized carbons (Fsp3) is 0.222. The molecule has 1 unspecified atom stereocenters. The second kappa shape index (κ2) is 10.7. The van der Waals surface area contributed by atoms with E-state index in [-0.39, 0.29) is 16.5 Å². The molecule has 4 rings (SSSR count). The number of carbonyl (C=O) groups is 1.